The number of ether oxygens (including phenoxy) is 1. The second-order valence-corrected chi connectivity index (χ2v) is 7.96. The van der Waals surface area contributed by atoms with E-state index >= 15 is 0 Å². The normalized spacial score (nSPS) is 11.3. The van der Waals surface area contributed by atoms with Crippen LogP contribution in [0.3, 0.4) is 0 Å². The summed E-state index contributed by atoms with van der Waals surface area (Å²) in [5.41, 5.74) is 2.80. The summed E-state index contributed by atoms with van der Waals surface area (Å²) in [5, 5.41) is 7.41. The lowest BCUT2D eigenvalue weighted by atomic mass is 9.90. The number of Topliss-reactive ketones (excluding diaryl/α,β-unsaturated/α-hetero) is 1. The third kappa shape index (κ3) is 4.64. The average Bonchev–Trinajstić information content (AvgIpc) is 2.73. The lowest BCUT2D eigenvalue weighted by Crippen LogP contribution is -2.19. The molecule has 0 fully saturated rings. The maximum Gasteiger partial charge on any atom is 0.312 e. The van der Waals surface area contributed by atoms with E-state index in [-0.39, 0.29) is 30.3 Å². The van der Waals surface area contributed by atoms with E-state index in [1.54, 1.807) is 24.3 Å². The van der Waals surface area contributed by atoms with E-state index in [1.165, 1.54) is 5.56 Å². The molecule has 3 aromatic rings. The monoisotopic (exact) mass is 406 g/mol. The molecule has 1 heterocycles. The Morgan fingerprint density at radius 3 is 2.37 bits per heavy atom. The first-order valence-electron chi connectivity index (χ1n) is 10.1. The molecule has 0 spiro atoms. The van der Waals surface area contributed by atoms with Gasteiger partial charge in [0.2, 0.25) is 5.78 Å². The van der Waals surface area contributed by atoms with Crippen LogP contribution >= 0.6 is 0 Å². The van der Waals surface area contributed by atoms with Gasteiger partial charge in [-0.25, -0.2) is 5.10 Å². The van der Waals surface area contributed by atoms with Crippen LogP contribution in [0.5, 0.6) is 0 Å². The van der Waals surface area contributed by atoms with Gasteiger partial charge in [0.1, 0.15) is 0 Å². The molecule has 0 saturated carbocycles. The number of hydrogen-bond acceptors (Lipinski definition) is 5. The van der Waals surface area contributed by atoms with Gasteiger partial charge < -0.3 is 4.74 Å². The lowest BCUT2D eigenvalue weighted by Gasteiger charge is -2.15. The Bertz CT molecular complexity index is 1150. The van der Waals surface area contributed by atoms with Crippen molar-refractivity contribution in [2.45, 2.75) is 46.0 Å². The van der Waals surface area contributed by atoms with E-state index in [4.69, 9.17) is 4.74 Å². The maximum atomic E-state index is 12.7. The standard InChI is InChI=1S/C24H26N2O4/c1-14(2)16-9-10-18(20(11-16)15(3)4)22(27)13-30-23(28)12-21-17-7-5-6-8-19(17)24(29)26-25-21/h5-11,14-15H,12-13H2,1-4H3,(H,26,29). The van der Waals surface area contributed by atoms with Gasteiger partial charge >= 0.3 is 5.97 Å². The van der Waals surface area contributed by atoms with Crippen molar-refractivity contribution in [2.24, 2.45) is 0 Å². The largest absolute Gasteiger partial charge is 0.457 e. The van der Waals surface area contributed by atoms with Crippen LogP contribution in [0.2, 0.25) is 0 Å². The average molecular weight is 406 g/mol. The number of benzene rings is 2. The minimum atomic E-state index is -0.571. The molecule has 6 nitrogen and oxygen atoms in total. The zero-order valence-electron chi connectivity index (χ0n) is 17.7. The number of H-pyrrole nitrogens is 1. The third-order valence-electron chi connectivity index (χ3n) is 5.12. The summed E-state index contributed by atoms with van der Waals surface area (Å²) in [5.74, 6) is -0.265. The first-order valence-corrected chi connectivity index (χ1v) is 10.1. The van der Waals surface area contributed by atoms with Crippen molar-refractivity contribution >= 4 is 22.5 Å². The van der Waals surface area contributed by atoms with Gasteiger partial charge in [-0.2, -0.15) is 5.10 Å². The van der Waals surface area contributed by atoms with Crippen LogP contribution < -0.4 is 5.56 Å². The fraction of sp³-hybridized carbons (Fsp3) is 0.333. The summed E-state index contributed by atoms with van der Waals surface area (Å²) in [6.07, 6.45) is -0.131. The van der Waals surface area contributed by atoms with Crippen LogP contribution in [0, 0.1) is 0 Å². The molecule has 6 heteroatoms. The first kappa shape index (κ1) is 21.4. The minimum Gasteiger partial charge on any atom is -0.457 e. The molecular formula is C24H26N2O4. The fourth-order valence-electron chi connectivity index (χ4n) is 3.39. The predicted octanol–water partition coefficient (Wildman–Crippen LogP) is 4.14. The number of hydrogen-bond donors (Lipinski definition) is 1. The highest BCUT2D eigenvalue weighted by Crippen LogP contribution is 2.25. The van der Waals surface area contributed by atoms with Crippen LogP contribution in [0.1, 0.15) is 66.7 Å². The molecule has 0 aliphatic rings. The van der Waals surface area contributed by atoms with E-state index in [1.807, 2.05) is 26.0 Å². The molecule has 156 valence electrons. The Morgan fingerprint density at radius 2 is 1.70 bits per heavy atom. The summed E-state index contributed by atoms with van der Waals surface area (Å²) in [6, 6.07) is 12.7. The van der Waals surface area contributed by atoms with Crippen molar-refractivity contribution in [3.05, 3.63) is 75.2 Å². The summed E-state index contributed by atoms with van der Waals surface area (Å²) in [6.45, 7) is 7.96. The van der Waals surface area contributed by atoms with Crippen LogP contribution in [0.25, 0.3) is 10.8 Å². The molecule has 0 bridgehead atoms. The van der Waals surface area contributed by atoms with Gasteiger partial charge in [0.25, 0.3) is 5.56 Å². The molecule has 3 rings (SSSR count). The topological polar surface area (TPSA) is 89.1 Å². The zero-order chi connectivity index (χ0) is 21.8. The Balaban J connectivity index is 1.72. The number of aromatic nitrogens is 2. The molecule has 0 radical (unpaired) electrons. The first-order chi connectivity index (χ1) is 14.3. The number of carbonyl (C=O) groups excluding carboxylic acids is 2. The number of fused-ring (bicyclic) bond motifs is 1. The molecule has 1 N–H and O–H groups in total. The summed E-state index contributed by atoms with van der Waals surface area (Å²) in [7, 11) is 0. The van der Waals surface area contributed by atoms with Crippen LogP contribution in [0.4, 0.5) is 0 Å². The van der Waals surface area contributed by atoms with Crippen molar-refractivity contribution in [3.63, 3.8) is 0 Å². The Morgan fingerprint density at radius 1 is 1.00 bits per heavy atom. The van der Waals surface area contributed by atoms with Crippen molar-refractivity contribution in [1.29, 1.82) is 0 Å². The molecule has 0 aliphatic heterocycles. The minimum absolute atomic E-state index is 0.131. The molecule has 0 amide bonds. The van der Waals surface area contributed by atoms with E-state index in [2.05, 4.69) is 30.1 Å². The summed E-state index contributed by atoms with van der Waals surface area (Å²) < 4.78 is 5.23. The molecule has 0 aliphatic carbocycles. The highest BCUT2D eigenvalue weighted by atomic mass is 16.5. The van der Waals surface area contributed by atoms with Gasteiger partial charge in [-0.3, -0.25) is 14.4 Å². The van der Waals surface area contributed by atoms with Crippen molar-refractivity contribution in [3.8, 4) is 0 Å². The van der Waals surface area contributed by atoms with E-state index in [0.29, 0.717) is 27.9 Å². The van der Waals surface area contributed by atoms with Crippen molar-refractivity contribution < 1.29 is 14.3 Å². The SMILES string of the molecule is CC(C)c1ccc(C(=O)COC(=O)Cc2n[nH]c(=O)c3ccccc23)c(C(C)C)c1. The van der Waals surface area contributed by atoms with E-state index in [0.717, 1.165) is 5.56 Å². The van der Waals surface area contributed by atoms with Crippen molar-refractivity contribution in [1.82, 2.24) is 10.2 Å². The Hall–Kier alpha value is -3.28. The number of esters is 1. The van der Waals surface area contributed by atoms with Gasteiger partial charge in [0, 0.05) is 10.9 Å². The van der Waals surface area contributed by atoms with Crippen LogP contribution in [-0.4, -0.2) is 28.6 Å². The smallest absolute Gasteiger partial charge is 0.312 e. The summed E-state index contributed by atoms with van der Waals surface area (Å²) in [4.78, 5) is 36.9. The Kier molecular flexibility index (Phi) is 6.45. The molecule has 0 unspecified atom stereocenters. The maximum absolute atomic E-state index is 12.7. The fourth-order valence-corrected chi connectivity index (χ4v) is 3.39. The molecule has 1 aromatic heterocycles. The van der Waals surface area contributed by atoms with Gasteiger partial charge in [0.05, 0.1) is 17.5 Å². The quantitative estimate of drug-likeness (QED) is 0.471. The second-order valence-electron chi connectivity index (χ2n) is 7.96. The number of nitrogens with one attached hydrogen (secondary N) is 1. The lowest BCUT2D eigenvalue weighted by molar-refractivity contribution is -0.141. The highest BCUT2D eigenvalue weighted by molar-refractivity contribution is 5.99. The zero-order valence-corrected chi connectivity index (χ0v) is 17.7. The molecular weight excluding hydrogens is 380 g/mol. The number of aromatic amines is 1. The number of nitrogens with zero attached hydrogens (tertiary/aromatic N) is 1. The Labute approximate surface area is 175 Å². The van der Waals surface area contributed by atoms with Crippen LogP contribution in [-0.2, 0) is 16.0 Å². The molecule has 0 saturated heterocycles. The number of ketones is 1. The second kappa shape index (κ2) is 9.03. The van der Waals surface area contributed by atoms with Gasteiger partial charge in [0.15, 0.2) is 6.61 Å². The predicted molar refractivity (Wildman–Crippen MR) is 116 cm³/mol. The summed E-state index contributed by atoms with van der Waals surface area (Å²) >= 11 is 0. The van der Waals surface area contributed by atoms with Crippen molar-refractivity contribution in [2.75, 3.05) is 6.61 Å². The van der Waals surface area contributed by atoms with Gasteiger partial charge in [-0.05, 0) is 29.0 Å². The van der Waals surface area contributed by atoms with E-state index in [9.17, 15) is 14.4 Å². The third-order valence-corrected chi connectivity index (χ3v) is 5.12. The molecule has 2 aromatic carbocycles. The van der Waals surface area contributed by atoms with E-state index < -0.39 is 5.97 Å². The number of carbonyl (C=O) groups is 2. The van der Waals surface area contributed by atoms with Gasteiger partial charge in [-0.1, -0.05) is 64.1 Å². The molecule has 30 heavy (non-hydrogen) atoms. The molecule has 0 atom stereocenters. The number of rotatable bonds is 7. The van der Waals surface area contributed by atoms with Gasteiger partial charge in [-0.15, -0.1) is 0 Å². The highest BCUT2D eigenvalue weighted by Gasteiger charge is 2.18. The van der Waals surface area contributed by atoms with Crippen LogP contribution in [0.15, 0.2) is 47.3 Å².